The molecule has 3 heteroatoms. The first-order valence-corrected chi connectivity index (χ1v) is 6.95. The molecule has 4 aromatic rings. The molecule has 0 fully saturated rings. The molecule has 2 heterocycles. The SMILES string of the molecule is Fc1ccc(-n2c3ccccc3c3sccc32)cc1. The predicted molar refractivity (Wildman–Crippen MR) is 78.6 cm³/mol. The number of fused-ring (bicyclic) bond motifs is 3. The van der Waals surface area contributed by atoms with Gasteiger partial charge in [-0.05, 0) is 41.8 Å². The van der Waals surface area contributed by atoms with Crippen LogP contribution in [-0.2, 0) is 0 Å². The lowest BCUT2D eigenvalue weighted by atomic mass is 10.2. The highest BCUT2D eigenvalue weighted by Gasteiger charge is 2.12. The van der Waals surface area contributed by atoms with E-state index in [4.69, 9.17) is 0 Å². The van der Waals surface area contributed by atoms with E-state index in [0.717, 1.165) is 11.2 Å². The Labute approximate surface area is 113 Å². The minimum absolute atomic E-state index is 0.207. The molecule has 2 aromatic heterocycles. The van der Waals surface area contributed by atoms with E-state index in [-0.39, 0.29) is 5.82 Å². The molecular weight excluding hydrogens is 257 g/mol. The van der Waals surface area contributed by atoms with E-state index in [0.29, 0.717) is 0 Å². The van der Waals surface area contributed by atoms with Gasteiger partial charge in [-0.3, -0.25) is 0 Å². The molecule has 0 N–H and O–H groups in total. The van der Waals surface area contributed by atoms with Crippen molar-refractivity contribution in [2.45, 2.75) is 0 Å². The number of hydrogen-bond donors (Lipinski definition) is 0. The fraction of sp³-hybridized carbons (Fsp3) is 0. The highest BCUT2D eigenvalue weighted by atomic mass is 32.1. The highest BCUT2D eigenvalue weighted by molar-refractivity contribution is 7.18. The largest absolute Gasteiger partial charge is 0.308 e. The van der Waals surface area contributed by atoms with E-state index in [9.17, 15) is 4.39 Å². The van der Waals surface area contributed by atoms with Crippen molar-refractivity contribution in [1.82, 2.24) is 4.57 Å². The normalized spacial score (nSPS) is 11.4. The summed E-state index contributed by atoms with van der Waals surface area (Å²) in [6.45, 7) is 0. The van der Waals surface area contributed by atoms with Gasteiger partial charge in [0.05, 0.1) is 15.7 Å². The number of aromatic nitrogens is 1. The van der Waals surface area contributed by atoms with Gasteiger partial charge in [0.25, 0.3) is 0 Å². The topological polar surface area (TPSA) is 4.93 Å². The van der Waals surface area contributed by atoms with Crippen molar-refractivity contribution in [3.8, 4) is 5.69 Å². The van der Waals surface area contributed by atoms with Gasteiger partial charge in [-0.15, -0.1) is 11.3 Å². The third-order valence-corrected chi connectivity index (χ3v) is 4.30. The summed E-state index contributed by atoms with van der Waals surface area (Å²) >= 11 is 1.74. The highest BCUT2D eigenvalue weighted by Crippen LogP contribution is 2.35. The third kappa shape index (κ3) is 1.52. The number of hydrogen-bond acceptors (Lipinski definition) is 1. The molecule has 0 aliphatic heterocycles. The van der Waals surface area contributed by atoms with E-state index in [1.165, 1.54) is 27.7 Å². The fourth-order valence-corrected chi connectivity index (χ4v) is 3.45. The zero-order chi connectivity index (χ0) is 12.8. The van der Waals surface area contributed by atoms with Crippen molar-refractivity contribution in [3.63, 3.8) is 0 Å². The van der Waals surface area contributed by atoms with Crippen molar-refractivity contribution in [3.05, 3.63) is 65.8 Å². The maximum Gasteiger partial charge on any atom is 0.123 e. The lowest BCUT2D eigenvalue weighted by Crippen LogP contribution is -1.92. The maximum absolute atomic E-state index is 13.1. The van der Waals surface area contributed by atoms with E-state index in [1.54, 1.807) is 11.3 Å². The van der Waals surface area contributed by atoms with Gasteiger partial charge in [-0.25, -0.2) is 4.39 Å². The van der Waals surface area contributed by atoms with Crippen LogP contribution in [0.3, 0.4) is 0 Å². The fourth-order valence-electron chi connectivity index (χ4n) is 2.54. The molecule has 0 amide bonds. The Kier molecular flexibility index (Phi) is 2.23. The van der Waals surface area contributed by atoms with Crippen LogP contribution in [0.5, 0.6) is 0 Å². The lowest BCUT2D eigenvalue weighted by molar-refractivity contribution is 0.627. The summed E-state index contributed by atoms with van der Waals surface area (Å²) in [7, 11) is 0. The summed E-state index contributed by atoms with van der Waals surface area (Å²) in [5, 5.41) is 3.34. The Morgan fingerprint density at radius 2 is 1.63 bits per heavy atom. The molecule has 4 rings (SSSR count). The van der Waals surface area contributed by atoms with Crippen molar-refractivity contribution in [1.29, 1.82) is 0 Å². The minimum Gasteiger partial charge on any atom is -0.308 e. The molecular formula is C16H10FNS. The molecule has 0 bridgehead atoms. The number of rotatable bonds is 1. The molecule has 0 atom stereocenters. The van der Waals surface area contributed by atoms with Crippen molar-refractivity contribution in [2.75, 3.05) is 0 Å². The van der Waals surface area contributed by atoms with Crippen LogP contribution in [0.1, 0.15) is 0 Å². The average molecular weight is 267 g/mol. The van der Waals surface area contributed by atoms with Crippen LogP contribution in [0.2, 0.25) is 0 Å². The summed E-state index contributed by atoms with van der Waals surface area (Å²) in [6, 6.07) is 17.1. The summed E-state index contributed by atoms with van der Waals surface area (Å²) in [6.07, 6.45) is 0. The number of benzene rings is 2. The summed E-state index contributed by atoms with van der Waals surface area (Å²) in [4.78, 5) is 0. The quantitative estimate of drug-likeness (QED) is 0.458. The third-order valence-electron chi connectivity index (χ3n) is 3.36. The molecule has 0 radical (unpaired) electrons. The first kappa shape index (κ1) is 10.8. The summed E-state index contributed by atoms with van der Waals surface area (Å²) < 4.78 is 16.5. The lowest BCUT2D eigenvalue weighted by Gasteiger charge is -2.06. The number of nitrogens with zero attached hydrogens (tertiary/aromatic N) is 1. The molecule has 0 unspecified atom stereocenters. The zero-order valence-electron chi connectivity index (χ0n) is 10.0. The van der Waals surface area contributed by atoms with Crippen LogP contribution in [0, 0.1) is 5.82 Å². The number of para-hydroxylation sites is 1. The van der Waals surface area contributed by atoms with E-state index in [1.807, 2.05) is 18.2 Å². The first-order valence-electron chi connectivity index (χ1n) is 6.07. The van der Waals surface area contributed by atoms with Gasteiger partial charge >= 0.3 is 0 Å². The van der Waals surface area contributed by atoms with Crippen LogP contribution < -0.4 is 0 Å². The van der Waals surface area contributed by atoms with Crippen molar-refractivity contribution < 1.29 is 4.39 Å². The Bertz CT molecular complexity index is 871. The molecule has 0 saturated heterocycles. The standard InChI is InChI=1S/C16H10FNS/c17-11-5-7-12(8-6-11)18-14-4-2-1-3-13(14)16-15(18)9-10-19-16/h1-10H. The molecule has 0 spiro atoms. The Balaban J connectivity index is 2.15. The zero-order valence-corrected chi connectivity index (χ0v) is 10.8. The van der Waals surface area contributed by atoms with Crippen molar-refractivity contribution in [2.24, 2.45) is 0 Å². The van der Waals surface area contributed by atoms with Crippen LogP contribution in [-0.4, -0.2) is 4.57 Å². The Morgan fingerprint density at radius 1 is 0.842 bits per heavy atom. The van der Waals surface area contributed by atoms with Gasteiger partial charge in [0.2, 0.25) is 0 Å². The Morgan fingerprint density at radius 3 is 2.47 bits per heavy atom. The monoisotopic (exact) mass is 267 g/mol. The van der Waals surface area contributed by atoms with E-state index in [2.05, 4.69) is 34.2 Å². The molecule has 0 aliphatic carbocycles. The molecule has 2 aromatic carbocycles. The van der Waals surface area contributed by atoms with Gasteiger partial charge in [0, 0.05) is 11.1 Å². The van der Waals surface area contributed by atoms with Crippen LogP contribution in [0.15, 0.2) is 60.0 Å². The molecule has 92 valence electrons. The second-order valence-corrected chi connectivity index (χ2v) is 5.38. The second-order valence-electron chi connectivity index (χ2n) is 4.46. The van der Waals surface area contributed by atoms with E-state index >= 15 is 0 Å². The number of thiophene rings is 1. The summed E-state index contributed by atoms with van der Waals surface area (Å²) in [5.74, 6) is -0.207. The van der Waals surface area contributed by atoms with Crippen molar-refractivity contribution >= 4 is 32.5 Å². The second kappa shape index (κ2) is 3.93. The molecule has 0 saturated carbocycles. The van der Waals surface area contributed by atoms with Gasteiger partial charge in [0.1, 0.15) is 5.82 Å². The Hall–Kier alpha value is -2.13. The summed E-state index contributed by atoms with van der Waals surface area (Å²) in [5.41, 5.74) is 3.33. The smallest absolute Gasteiger partial charge is 0.123 e. The average Bonchev–Trinajstić information content (AvgIpc) is 3.00. The first-order chi connectivity index (χ1) is 9.34. The molecule has 19 heavy (non-hydrogen) atoms. The predicted octanol–water partition coefficient (Wildman–Crippen LogP) is 4.98. The van der Waals surface area contributed by atoms with Gasteiger partial charge < -0.3 is 4.57 Å². The maximum atomic E-state index is 13.1. The number of halogens is 1. The molecule has 0 aliphatic rings. The van der Waals surface area contributed by atoms with Gasteiger partial charge in [0.15, 0.2) is 0 Å². The van der Waals surface area contributed by atoms with Crippen LogP contribution >= 0.6 is 11.3 Å². The van der Waals surface area contributed by atoms with E-state index < -0.39 is 0 Å². The van der Waals surface area contributed by atoms with Gasteiger partial charge in [-0.2, -0.15) is 0 Å². The minimum atomic E-state index is -0.207. The van der Waals surface area contributed by atoms with Gasteiger partial charge in [-0.1, -0.05) is 18.2 Å². The van der Waals surface area contributed by atoms with Crippen LogP contribution in [0.4, 0.5) is 4.39 Å². The van der Waals surface area contributed by atoms with Crippen LogP contribution in [0.25, 0.3) is 26.8 Å². The molecule has 1 nitrogen and oxygen atoms in total.